The van der Waals surface area contributed by atoms with Crippen LogP contribution in [0.5, 0.6) is 5.88 Å². The quantitative estimate of drug-likeness (QED) is 0.272. The summed E-state index contributed by atoms with van der Waals surface area (Å²) in [6.45, 7) is 9.36. The molecule has 4 aliphatic rings. The predicted octanol–water partition coefficient (Wildman–Crippen LogP) is 5.40. The number of ether oxygens (including phenoxy) is 1. The molecule has 0 unspecified atom stereocenters. The van der Waals surface area contributed by atoms with Gasteiger partial charge in [0.15, 0.2) is 5.88 Å². The van der Waals surface area contributed by atoms with Gasteiger partial charge in [-0.25, -0.2) is 9.97 Å². The van der Waals surface area contributed by atoms with E-state index in [1.54, 1.807) is 7.11 Å². The van der Waals surface area contributed by atoms with E-state index in [0.717, 1.165) is 72.5 Å². The summed E-state index contributed by atoms with van der Waals surface area (Å²) in [4.78, 5) is 39.0. The van der Waals surface area contributed by atoms with Crippen LogP contribution in [0.15, 0.2) is 30.3 Å². The predicted molar refractivity (Wildman–Crippen MR) is 177 cm³/mol. The largest absolute Gasteiger partial charge is 0.482 e. The molecule has 10 nitrogen and oxygen atoms in total. The summed E-state index contributed by atoms with van der Waals surface area (Å²) in [5.74, 6) is 1.40. The number of nitrogens with two attached hydrogens (primary N) is 1. The van der Waals surface area contributed by atoms with Crippen molar-refractivity contribution in [3.05, 3.63) is 47.3 Å². The molecule has 6 heterocycles. The number of pyridine rings is 2. The molecule has 4 fully saturated rings. The molecule has 242 valence electrons. The molecule has 4 aromatic rings. The normalized spacial score (nSPS) is 24.5. The Morgan fingerprint density at radius 2 is 1.89 bits per heavy atom. The molecular formula is C36H45N7O3. The van der Waals surface area contributed by atoms with Crippen LogP contribution in [0, 0.1) is 24.2 Å². The highest BCUT2D eigenvalue weighted by atomic mass is 16.5. The number of nitrogens with zero attached hydrogens (tertiary/aromatic N) is 5. The van der Waals surface area contributed by atoms with Crippen molar-refractivity contribution < 1.29 is 14.3 Å². The highest BCUT2D eigenvalue weighted by molar-refractivity contribution is 5.97. The second kappa shape index (κ2) is 10.6. The minimum atomic E-state index is -0.189. The molecule has 0 radical (unpaired) electrons. The molecule has 0 aromatic carbocycles. The van der Waals surface area contributed by atoms with Gasteiger partial charge in [0, 0.05) is 47.6 Å². The molecule has 4 aromatic heterocycles. The SMILES string of the molecule is COc1cc(C(=O)N2[C@H]3CC[C@@H]2[C@H](N)C3)cc2nc(-c3cc4ccc([C@@H](C)NC(=O)C5CC(C)(C)C5)nc4n3CC3CC3)c(C)n12. The van der Waals surface area contributed by atoms with Gasteiger partial charge in [-0.15, -0.1) is 0 Å². The smallest absolute Gasteiger partial charge is 0.254 e. The second-order valence-electron chi connectivity index (χ2n) is 15.2. The molecule has 3 N–H and O–H groups in total. The summed E-state index contributed by atoms with van der Waals surface area (Å²) < 4.78 is 10.1. The third-order valence-corrected chi connectivity index (χ3v) is 11.1. The Kier molecular flexibility index (Phi) is 6.76. The van der Waals surface area contributed by atoms with Crippen molar-refractivity contribution in [1.82, 2.24) is 29.2 Å². The molecule has 2 saturated carbocycles. The highest BCUT2D eigenvalue weighted by Gasteiger charge is 2.47. The van der Waals surface area contributed by atoms with E-state index in [0.29, 0.717) is 23.0 Å². The standard InChI is InChI=1S/C36H45N7O3/c1-19(38-34(44)24-16-36(3,4)17-24)27-10-8-22-12-29(41(33(22)39-27)18-21-6-7-21)32-20(2)42-30(40-32)13-23(14-31(42)46-5)35(45)43-25-9-11-28(43)26(37)15-25/h8,10,12-14,19,21,24-26,28H,6-7,9,11,15-18,37H2,1-5H3,(H,38,44)/t19-,25+,26-,28-/m1/s1. The number of aryl methyl sites for hydroxylation is 1. The van der Waals surface area contributed by atoms with Gasteiger partial charge >= 0.3 is 0 Å². The average Bonchev–Trinajstić information content (AvgIpc) is 3.33. The number of fused-ring (bicyclic) bond motifs is 4. The van der Waals surface area contributed by atoms with E-state index in [-0.39, 0.29) is 47.3 Å². The van der Waals surface area contributed by atoms with E-state index >= 15 is 0 Å². The first-order valence-electron chi connectivity index (χ1n) is 17.0. The number of imidazole rings is 1. The van der Waals surface area contributed by atoms with Crippen LogP contribution in [-0.4, -0.2) is 60.9 Å². The van der Waals surface area contributed by atoms with Gasteiger partial charge in [0.05, 0.1) is 30.2 Å². The van der Waals surface area contributed by atoms with E-state index in [9.17, 15) is 9.59 Å². The first-order valence-corrected chi connectivity index (χ1v) is 17.0. The van der Waals surface area contributed by atoms with Crippen LogP contribution < -0.4 is 15.8 Å². The molecule has 2 aliphatic carbocycles. The Morgan fingerprint density at radius 1 is 1.11 bits per heavy atom. The third kappa shape index (κ3) is 4.79. The maximum absolute atomic E-state index is 13.8. The zero-order valence-electron chi connectivity index (χ0n) is 27.5. The zero-order chi connectivity index (χ0) is 32.1. The van der Waals surface area contributed by atoms with Crippen molar-refractivity contribution in [2.45, 2.75) is 103 Å². The van der Waals surface area contributed by atoms with E-state index in [1.165, 1.54) is 12.8 Å². The van der Waals surface area contributed by atoms with Crippen molar-refractivity contribution in [1.29, 1.82) is 0 Å². The zero-order valence-corrected chi connectivity index (χ0v) is 27.5. The number of hydrogen-bond donors (Lipinski definition) is 2. The van der Waals surface area contributed by atoms with E-state index in [4.69, 9.17) is 20.4 Å². The van der Waals surface area contributed by atoms with Gasteiger partial charge in [0.1, 0.15) is 17.0 Å². The summed E-state index contributed by atoms with van der Waals surface area (Å²) >= 11 is 0. The Bertz CT molecular complexity index is 1880. The molecule has 8 rings (SSSR count). The van der Waals surface area contributed by atoms with Gasteiger partial charge in [-0.2, -0.15) is 0 Å². The van der Waals surface area contributed by atoms with E-state index < -0.39 is 0 Å². The number of carbonyl (C=O) groups is 2. The summed E-state index contributed by atoms with van der Waals surface area (Å²) in [6.07, 6.45) is 7.11. The lowest BCUT2D eigenvalue weighted by molar-refractivity contribution is -0.132. The van der Waals surface area contributed by atoms with Gasteiger partial charge in [-0.1, -0.05) is 13.8 Å². The van der Waals surface area contributed by atoms with Crippen LogP contribution >= 0.6 is 0 Å². The highest BCUT2D eigenvalue weighted by Crippen LogP contribution is 2.45. The molecular weight excluding hydrogens is 578 g/mol. The maximum atomic E-state index is 13.8. The van der Waals surface area contributed by atoms with E-state index in [1.807, 2.05) is 34.4 Å². The van der Waals surface area contributed by atoms with Crippen LogP contribution in [0.1, 0.15) is 93.5 Å². The Balaban J connectivity index is 1.15. The number of nitrogens with one attached hydrogen (secondary N) is 1. The number of amides is 2. The van der Waals surface area contributed by atoms with Crippen LogP contribution in [0.25, 0.3) is 28.1 Å². The number of hydrogen-bond acceptors (Lipinski definition) is 6. The fourth-order valence-corrected chi connectivity index (χ4v) is 8.48. The molecule has 2 amide bonds. The molecule has 4 atom stereocenters. The van der Waals surface area contributed by atoms with Gasteiger partial charge < -0.3 is 25.3 Å². The number of rotatable bonds is 8. The van der Waals surface area contributed by atoms with E-state index in [2.05, 4.69) is 42.8 Å². The lowest BCUT2D eigenvalue weighted by atomic mass is 9.64. The molecule has 2 bridgehead atoms. The number of methoxy groups -OCH3 is 1. The lowest BCUT2D eigenvalue weighted by Crippen LogP contribution is -2.43. The fraction of sp³-hybridized carbons (Fsp3) is 0.556. The van der Waals surface area contributed by atoms with Crippen molar-refractivity contribution in [2.24, 2.45) is 23.0 Å². The number of carbonyl (C=O) groups excluding carboxylic acids is 2. The minimum Gasteiger partial charge on any atom is -0.482 e. The lowest BCUT2D eigenvalue weighted by Gasteiger charge is -2.41. The molecule has 2 saturated heterocycles. The Morgan fingerprint density at radius 3 is 2.54 bits per heavy atom. The van der Waals surface area contributed by atoms with Crippen molar-refractivity contribution in [2.75, 3.05) is 7.11 Å². The molecule has 2 aliphatic heterocycles. The number of aromatic nitrogens is 4. The molecule has 0 spiro atoms. The van der Waals surface area contributed by atoms with Gasteiger partial charge in [0.2, 0.25) is 5.91 Å². The van der Waals surface area contributed by atoms with Gasteiger partial charge in [-0.05, 0) is 94.4 Å². The second-order valence-corrected chi connectivity index (χ2v) is 15.2. The van der Waals surface area contributed by atoms with Gasteiger partial charge in [0.25, 0.3) is 5.91 Å². The molecule has 10 heteroatoms. The Hall–Kier alpha value is -3.92. The van der Waals surface area contributed by atoms with Crippen LogP contribution in [0.2, 0.25) is 0 Å². The summed E-state index contributed by atoms with van der Waals surface area (Å²) in [5.41, 5.74) is 12.4. The molecule has 46 heavy (non-hydrogen) atoms. The first-order chi connectivity index (χ1) is 22.0. The van der Waals surface area contributed by atoms with Crippen molar-refractivity contribution in [3.8, 4) is 17.3 Å². The summed E-state index contributed by atoms with van der Waals surface area (Å²) in [7, 11) is 1.64. The average molecular weight is 624 g/mol. The van der Waals surface area contributed by atoms with Crippen molar-refractivity contribution >= 4 is 28.5 Å². The van der Waals surface area contributed by atoms with Crippen LogP contribution in [0.3, 0.4) is 0 Å². The maximum Gasteiger partial charge on any atom is 0.254 e. The van der Waals surface area contributed by atoms with Crippen LogP contribution in [0.4, 0.5) is 0 Å². The third-order valence-electron chi connectivity index (χ3n) is 11.1. The first kappa shape index (κ1) is 29.5. The fourth-order valence-electron chi connectivity index (χ4n) is 8.48. The van der Waals surface area contributed by atoms with Crippen LogP contribution in [-0.2, 0) is 11.3 Å². The summed E-state index contributed by atoms with van der Waals surface area (Å²) in [5, 5.41) is 4.26. The summed E-state index contributed by atoms with van der Waals surface area (Å²) in [6, 6.07) is 10.2. The topological polar surface area (TPSA) is 120 Å². The van der Waals surface area contributed by atoms with Gasteiger partial charge in [-0.3, -0.25) is 14.0 Å². The minimum absolute atomic E-state index is 0.00487. The van der Waals surface area contributed by atoms with Crippen molar-refractivity contribution in [3.63, 3.8) is 0 Å². The Labute approximate surface area is 269 Å². The monoisotopic (exact) mass is 623 g/mol.